The Kier molecular flexibility index (Phi) is 4.12. The fourth-order valence-electron chi connectivity index (χ4n) is 2.59. The van der Waals surface area contributed by atoms with Crippen LogP contribution in [-0.4, -0.2) is 51.4 Å². The van der Waals surface area contributed by atoms with Crippen LogP contribution >= 0.6 is 0 Å². The van der Waals surface area contributed by atoms with Crippen molar-refractivity contribution in [2.75, 3.05) is 14.1 Å². The van der Waals surface area contributed by atoms with E-state index in [1.165, 1.54) is 38.4 Å². The Labute approximate surface area is 150 Å². The summed E-state index contributed by atoms with van der Waals surface area (Å²) in [4.78, 5) is 22.9. The third-order valence-corrected chi connectivity index (χ3v) is 7.68. The number of benzene rings is 2. The molecule has 0 unspecified atom stereocenters. The van der Waals surface area contributed by atoms with Crippen molar-refractivity contribution in [2.24, 2.45) is 0 Å². The Bertz CT molecular complexity index is 1050. The monoisotopic (exact) mass is 394 g/mol. The molecule has 0 fully saturated rings. The van der Waals surface area contributed by atoms with Crippen LogP contribution in [0.3, 0.4) is 0 Å². The lowest BCUT2D eigenvalue weighted by Gasteiger charge is -2.05. The van der Waals surface area contributed by atoms with Crippen molar-refractivity contribution in [1.82, 2.24) is 8.61 Å². The number of rotatable bonds is 0. The molecule has 0 spiro atoms. The second-order valence-corrected chi connectivity index (χ2v) is 9.42. The molecule has 8 nitrogen and oxygen atoms in total. The molecule has 2 heterocycles. The van der Waals surface area contributed by atoms with Gasteiger partial charge in [-0.1, -0.05) is 24.3 Å². The van der Waals surface area contributed by atoms with Gasteiger partial charge in [-0.2, -0.15) is 0 Å². The van der Waals surface area contributed by atoms with Crippen LogP contribution in [0, 0.1) is 0 Å². The zero-order valence-corrected chi connectivity index (χ0v) is 15.4. The van der Waals surface area contributed by atoms with Gasteiger partial charge in [-0.25, -0.2) is 25.4 Å². The average molecular weight is 394 g/mol. The smallest absolute Gasteiger partial charge is 0.268 e. The average Bonchev–Trinajstić information content (AvgIpc) is 2.92. The predicted octanol–water partition coefficient (Wildman–Crippen LogP) is 0.922. The maximum Gasteiger partial charge on any atom is 0.268 e. The number of carbonyl (C=O) groups excluding carboxylic acids is 2. The van der Waals surface area contributed by atoms with E-state index in [1.807, 2.05) is 0 Å². The number of fused-ring (bicyclic) bond motifs is 2. The van der Waals surface area contributed by atoms with E-state index >= 15 is 0 Å². The van der Waals surface area contributed by atoms with Crippen molar-refractivity contribution < 1.29 is 26.4 Å². The lowest BCUT2D eigenvalue weighted by atomic mass is 10.2. The van der Waals surface area contributed by atoms with Gasteiger partial charge in [0.05, 0.1) is 11.1 Å². The summed E-state index contributed by atoms with van der Waals surface area (Å²) in [6.07, 6.45) is 0. The topological polar surface area (TPSA) is 109 Å². The quantitative estimate of drug-likeness (QED) is 0.657. The molecular weight excluding hydrogens is 380 g/mol. The third kappa shape index (κ3) is 2.49. The summed E-state index contributed by atoms with van der Waals surface area (Å²) in [7, 11) is -4.58. The highest BCUT2D eigenvalue weighted by molar-refractivity contribution is 7.90. The van der Waals surface area contributed by atoms with E-state index in [0.717, 1.165) is 8.61 Å². The first-order chi connectivity index (χ1) is 12.1. The zero-order chi connectivity index (χ0) is 19.3. The standard InChI is InChI=1S/2C8H7NO3S/c2*1-9-8(10)6-4-2-3-5-7(6)13(9,11)12/h2*2-5H,1H3. The summed E-state index contributed by atoms with van der Waals surface area (Å²) in [5.74, 6) is -0.925. The van der Waals surface area contributed by atoms with Crippen LogP contribution in [-0.2, 0) is 20.0 Å². The first-order valence-corrected chi connectivity index (χ1v) is 10.2. The predicted molar refractivity (Wildman–Crippen MR) is 91.4 cm³/mol. The van der Waals surface area contributed by atoms with E-state index in [-0.39, 0.29) is 20.9 Å². The Hall–Kier alpha value is -2.72. The van der Waals surface area contributed by atoms with Crippen molar-refractivity contribution >= 4 is 31.9 Å². The van der Waals surface area contributed by atoms with E-state index in [2.05, 4.69) is 0 Å². The van der Waals surface area contributed by atoms with Gasteiger partial charge in [0, 0.05) is 14.1 Å². The van der Waals surface area contributed by atoms with E-state index in [4.69, 9.17) is 0 Å². The molecule has 0 aromatic heterocycles. The summed E-state index contributed by atoms with van der Waals surface area (Å²) >= 11 is 0. The Morgan fingerprint density at radius 3 is 1.23 bits per heavy atom. The number of hydrogen-bond donors (Lipinski definition) is 0. The van der Waals surface area contributed by atoms with Crippen molar-refractivity contribution in [3.8, 4) is 0 Å². The molecule has 2 aromatic carbocycles. The van der Waals surface area contributed by atoms with Gasteiger partial charge >= 0.3 is 0 Å². The first kappa shape index (κ1) is 18.1. The molecule has 0 bridgehead atoms. The van der Waals surface area contributed by atoms with Crippen LogP contribution in [0.4, 0.5) is 0 Å². The summed E-state index contributed by atoms with van der Waals surface area (Å²) in [5, 5.41) is 0. The molecular formula is C16H14N2O6S2. The molecule has 0 saturated heterocycles. The Morgan fingerprint density at radius 1 is 0.615 bits per heavy atom. The maximum absolute atomic E-state index is 11.5. The molecule has 0 saturated carbocycles. The van der Waals surface area contributed by atoms with Gasteiger partial charge in [-0.3, -0.25) is 9.59 Å². The molecule has 2 aliphatic rings. The minimum absolute atomic E-state index is 0.0995. The molecule has 4 rings (SSSR count). The number of nitrogens with zero attached hydrogens (tertiary/aromatic N) is 2. The molecule has 2 amide bonds. The maximum atomic E-state index is 11.5. The van der Waals surface area contributed by atoms with Crippen molar-refractivity contribution in [2.45, 2.75) is 9.79 Å². The van der Waals surface area contributed by atoms with Gasteiger partial charge in [0.15, 0.2) is 0 Å². The van der Waals surface area contributed by atoms with Gasteiger partial charge in [-0.15, -0.1) is 0 Å². The summed E-state index contributed by atoms with van der Waals surface area (Å²) < 4.78 is 47.5. The number of hydrogen-bond acceptors (Lipinski definition) is 6. The highest BCUT2D eigenvalue weighted by Crippen LogP contribution is 2.28. The summed E-state index contributed by atoms with van der Waals surface area (Å²) in [6.45, 7) is 0. The van der Waals surface area contributed by atoms with Crippen molar-refractivity contribution in [3.63, 3.8) is 0 Å². The third-order valence-electron chi connectivity index (χ3n) is 4.08. The Morgan fingerprint density at radius 2 is 0.923 bits per heavy atom. The zero-order valence-electron chi connectivity index (χ0n) is 13.8. The molecule has 2 aromatic rings. The molecule has 0 radical (unpaired) electrons. The number of amides is 2. The molecule has 0 N–H and O–H groups in total. The lowest BCUT2D eigenvalue weighted by molar-refractivity contribution is 0.0883. The molecule has 0 atom stereocenters. The van der Waals surface area contributed by atoms with Gasteiger partial charge in [-0.05, 0) is 24.3 Å². The minimum Gasteiger partial charge on any atom is -0.268 e. The van der Waals surface area contributed by atoms with E-state index in [1.54, 1.807) is 24.3 Å². The van der Waals surface area contributed by atoms with Crippen LogP contribution < -0.4 is 0 Å². The molecule has 0 aliphatic carbocycles. The first-order valence-electron chi connectivity index (χ1n) is 7.34. The summed E-state index contributed by atoms with van der Waals surface area (Å²) in [5.41, 5.74) is 0.509. The van der Waals surface area contributed by atoms with Gasteiger partial charge in [0.2, 0.25) is 0 Å². The van der Waals surface area contributed by atoms with E-state index in [0.29, 0.717) is 0 Å². The van der Waals surface area contributed by atoms with E-state index in [9.17, 15) is 26.4 Å². The van der Waals surface area contributed by atoms with Gasteiger partial charge in [0.25, 0.3) is 31.9 Å². The second kappa shape index (κ2) is 5.92. The largest absolute Gasteiger partial charge is 0.268 e. The van der Waals surface area contributed by atoms with Crippen LogP contribution in [0.2, 0.25) is 0 Å². The van der Waals surface area contributed by atoms with Crippen LogP contribution in [0.25, 0.3) is 0 Å². The lowest BCUT2D eigenvalue weighted by Crippen LogP contribution is -2.24. The molecule has 10 heteroatoms. The van der Waals surface area contributed by atoms with Crippen LogP contribution in [0.1, 0.15) is 20.7 Å². The van der Waals surface area contributed by atoms with Crippen molar-refractivity contribution in [3.05, 3.63) is 59.7 Å². The SMILES string of the molecule is CN1C(=O)c2ccccc2S1(=O)=O.CN1C(=O)c2ccccc2S1(=O)=O. The highest BCUT2D eigenvalue weighted by Gasteiger charge is 2.38. The van der Waals surface area contributed by atoms with Crippen LogP contribution in [0.5, 0.6) is 0 Å². The normalized spacial score (nSPS) is 18.8. The molecule has 2 aliphatic heterocycles. The van der Waals surface area contributed by atoms with Gasteiger partial charge in [0.1, 0.15) is 9.79 Å². The van der Waals surface area contributed by atoms with Gasteiger partial charge < -0.3 is 0 Å². The number of carbonyl (C=O) groups is 2. The number of sulfonamides is 2. The molecule has 26 heavy (non-hydrogen) atoms. The fraction of sp³-hybridized carbons (Fsp3) is 0.125. The minimum atomic E-state index is -3.55. The van der Waals surface area contributed by atoms with Crippen molar-refractivity contribution in [1.29, 1.82) is 0 Å². The Balaban J connectivity index is 0.000000151. The van der Waals surface area contributed by atoms with Crippen LogP contribution in [0.15, 0.2) is 58.3 Å². The highest BCUT2D eigenvalue weighted by atomic mass is 32.2. The second-order valence-electron chi connectivity index (χ2n) is 5.55. The fourth-order valence-corrected chi connectivity index (χ4v) is 5.18. The van der Waals surface area contributed by atoms with E-state index < -0.39 is 31.9 Å². The summed E-state index contributed by atoms with van der Waals surface area (Å²) in [6, 6.07) is 12.4. The molecule has 136 valence electrons.